The van der Waals surface area contributed by atoms with Gasteiger partial charge in [0.2, 0.25) is 0 Å². The molecule has 33 heavy (non-hydrogen) atoms. The van der Waals surface area contributed by atoms with Crippen LogP contribution in [0.15, 0.2) is 60.8 Å². The lowest BCUT2D eigenvalue weighted by Crippen LogP contribution is -2.32. The van der Waals surface area contributed by atoms with Crippen molar-refractivity contribution < 1.29 is 14.3 Å². The number of pyridine rings is 1. The van der Waals surface area contributed by atoms with Crippen molar-refractivity contribution >= 4 is 23.4 Å². The molecule has 0 saturated carbocycles. The highest BCUT2D eigenvalue weighted by Crippen LogP contribution is 2.32. The van der Waals surface area contributed by atoms with Gasteiger partial charge in [-0.3, -0.25) is 4.79 Å². The van der Waals surface area contributed by atoms with Crippen molar-refractivity contribution in [2.45, 2.75) is 39.8 Å². The number of amides is 1. The number of nitrogens with one attached hydrogen (secondary N) is 2. The van der Waals surface area contributed by atoms with E-state index < -0.39 is 11.7 Å². The number of carbonyl (C=O) groups is 2. The molecule has 0 fully saturated rings. The summed E-state index contributed by atoms with van der Waals surface area (Å²) in [6.07, 6.45) is 2.20. The number of carbonyl (C=O) groups excluding carboxylic acids is 2. The van der Waals surface area contributed by atoms with Crippen LogP contribution in [0.3, 0.4) is 0 Å². The Bertz CT molecular complexity index is 1310. The highest BCUT2D eigenvalue weighted by atomic mass is 16.6. The molecule has 0 aliphatic heterocycles. The molecule has 0 radical (unpaired) electrons. The molecule has 4 rings (SSSR count). The Labute approximate surface area is 193 Å². The summed E-state index contributed by atoms with van der Waals surface area (Å²) >= 11 is 0. The first kappa shape index (κ1) is 22.3. The summed E-state index contributed by atoms with van der Waals surface area (Å²) in [6.45, 7) is 7.96. The van der Waals surface area contributed by atoms with Crippen molar-refractivity contribution in [1.29, 1.82) is 0 Å². The number of aldehydes is 1. The highest BCUT2D eigenvalue weighted by Gasteiger charge is 2.16. The minimum atomic E-state index is -0.526. The predicted octanol–water partition coefficient (Wildman–Crippen LogP) is 6.04. The number of rotatable bonds is 5. The van der Waals surface area contributed by atoms with E-state index in [0.29, 0.717) is 12.1 Å². The zero-order valence-corrected chi connectivity index (χ0v) is 19.2. The van der Waals surface area contributed by atoms with Crippen LogP contribution in [0, 0.1) is 6.92 Å². The number of nitrogens with zero attached hydrogens (tertiary/aromatic N) is 1. The van der Waals surface area contributed by atoms with E-state index in [-0.39, 0.29) is 0 Å². The molecule has 2 aromatic heterocycles. The first-order valence-corrected chi connectivity index (χ1v) is 10.8. The lowest BCUT2D eigenvalue weighted by molar-refractivity contribution is 0.0523. The van der Waals surface area contributed by atoms with Gasteiger partial charge in [0, 0.05) is 29.4 Å². The zero-order chi connectivity index (χ0) is 23.6. The van der Waals surface area contributed by atoms with Crippen molar-refractivity contribution in [3.8, 4) is 22.4 Å². The molecule has 6 heteroatoms. The summed E-state index contributed by atoms with van der Waals surface area (Å²) in [5.74, 6) is 0. The van der Waals surface area contributed by atoms with E-state index >= 15 is 0 Å². The van der Waals surface area contributed by atoms with E-state index in [2.05, 4.69) is 33.5 Å². The van der Waals surface area contributed by atoms with Crippen LogP contribution in [0.2, 0.25) is 0 Å². The van der Waals surface area contributed by atoms with Crippen LogP contribution in [0.25, 0.3) is 33.4 Å². The number of alkyl carbamates (subject to hydrolysis) is 1. The first-order valence-electron chi connectivity index (χ1n) is 10.8. The Morgan fingerprint density at radius 3 is 2.45 bits per heavy atom. The van der Waals surface area contributed by atoms with E-state index in [4.69, 9.17) is 4.74 Å². The maximum absolute atomic E-state index is 12.0. The van der Waals surface area contributed by atoms with E-state index in [0.717, 1.165) is 50.8 Å². The fourth-order valence-electron chi connectivity index (χ4n) is 3.72. The molecule has 1 amide bonds. The van der Waals surface area contributed by atoms with Crippen molar-refractivity contribution in [2.75, 3.05) is 0 Å². The largest absolute Gasteiger partial charge is 0.444 e. The topological polar surface area (TPSA) is 84.1 Å². The predicted molar refractivity (Wildman–Crippen MR) is 130 cm³/mol. The number of H-pyrrole nitrogens is 1. The Morgan fingerprint density at radius 2 is 1.79 bits per heavy atom. The fraction of sp³-hybridized carbons (Fsp3) is 0.222. The molecular formula is C27H27N3O3. The molecule has 168 valence electrons. The smallest absolute Gasteiger partial charge is 0.407 e. The number of aromatic amines is 1. The first-order chi connectivity index (χ1) is 15.7. The summed E-state index contributed by atoms with van der Waals surface area (Å²) in [4.78, 5) is 30.8. The number of benzene rings is 2. The van der Waals surface area contributed by atoms with E-state index in [1.165, 1.54) is 0 Å². The second-order valence-electron chi connectivity index (χ2n) is 9.04. The van der Waals surface area contributed by atoms with Gasteiger partial charge in [-0.05, 0) is 67.6 Å². The fourth-order valence-corrected chi connectivity index (χ4v) is 3.72. The minimum Gasteiger partial charge on any atom is -0.444 e. The molecule has 0 spiro atoms. The van der Waals surface area contributed by atoms with Crippen molar-refractivity contribution in [2.24, 2.45) is 0 Å². The average Bonchev–Trinajstić information content (AvgIpc) is 3.21. The molecule has 0 unspecified atom stereocenters. The number of hydrogen-bond acceptors (Lipinski definition) is 4. The second kappa shape index (κ2) is 8.90. The Balaban J connectivity index is 1.59. The summed E-state index contributed by atoms with van der Waals surface area (Å²) < 4.78 is 5.31. The quantitative estimate of drug-likeness (QED) is 0.370. The molecule has 4 aromatic rings. The lowest BCUT2D eigenvalue weighted by Gasteiger charge is -2.20. The number of aromatic nitrogens is 2. The third-order valence-electron chi connectivity index (χ3n) is 5.37. The van der Waals surface area contributed by atoms with Gasteiger partial charge in [-0.15, -0.1) is 0 Å². The number of aryl methyl sites for hydroxylation is 1. The summed E-state index contributed by atoms with van der Waals surface area (Å²) in [7, 11) is 0. The third kappa shape index (κ3) is 5.12. The van der Waals surface area contributed by atoms with Crippen LogP contribution in [-0.4, -0.2) is 27.9 Å². The molecular weight excluding hydrogens is 414 g/mol. The van der Waals surface area contributed by atoms with Gasteiger partial charge < -0.3 is 15.0 Å². The van der Waals surface area contributed by atoms with Crippen molar-refractivity contribution in [3.05, 3.63) is 77.5 Å². The van der Waals surface area contributed by atoms with Gasteiger partial charge in [0.25, 0.3) is 0 Å². The number of fused-ring (bicyclic) bond motifs is 1. The van der Waals surface area contributed by atoms with Gasteiger partial charge >= 0.3 is 6.09 Å². The monoisotopic (exact) mass is 441 g/mol. The summed E-state index contributed by atoms with van der Waals surface area (Å²) in [5.41, 5.74) is 7.10. The second-order valence-corrected chi connectivity index (χ2v) is 9.04. The minimum absolute atomic E-state index is 0.401. The molecule has 2 N–H and O–H groups in total. The van der Waals surface area contributed by atoms with Crippen LogP contribution in [0.4, 0.5) is 4.79 Å². The van der Waals surface area contributed by atoms with Gasteiger partial charge in [-0.25, -0.2) is 9.78 Å². The van der Waals surface area contributed by atoms with Crippen molar-refractivity contribution in [1.82, 2.24) is 15.3 Å². The van der Waals surface area contributed by atoms with E-state index in [1.54, 1.807) is 18.3 Å². The van der Waals surface area contributed by atoms with Crippen LogP contribution < -0.4 is 5.32 Å². The number of hydrogen-bond donors (Lipinski definition) is 2. The van der Waals surface area contributed by atoms with Crippen LogP contribution in [0.1, 0.15) is 42.3 Å². The van der Waals surface area contributed by atoms with E-state index in [1.807, 2.05) is 52.0 Å². The van der Waals surface area contributed by atoms with Crippen LogP contribution in [-0.2, 0) is 11.3 Å². The summed E-state index contributed by atoms with van der Waals surface area (Å²) in [5, 5.41) is 3.84. The zero-order valence-electron chi connectivity index (χ0n) is 19.2. The maximum Gasteiger partial charge on any atom is 0.407 e. The Hall–Kier alpha value is -3.93. The molecule has 0 atom stereocenters. The Kier molecular flexibility index (Phi) is 6.01. The van der Waals surface area contributed by atoms with Crippen LogP contribution in [0.5, 0.6) is 0 Å². The van der Waals surface area contributed by atoms with Gasteiger partial charge in [0.15, 0.2) is 0 Å². The van der Waals surface area contributed by atoms with Gasteiger partial charge in [-0.2, -0.15) is 0 Å². The number of ether oxygens (including phenoxy) is 1. The molecule has 6 nitrogen and oxygen atoms in total. The van der Waals surface area contributed by atoms with Gasteiger partial charge in [0.05, 0.1) is 0 Å². The third-order valence-corrected chi connectivity index (χ3v) is 5.37. The standard InChI is InChI=1S/C27H27N3O3/c1-17-13-20(9-10-21(17)15-29-26(32)33-27(2,3)4)22-11-12-28-25-23(22)14-24(30-25)19-7-5-18(16-31)6-8-19/h5-14,16H,15H2,1-4H3,(H,28,30)(H,29,32). The van der Waals surface area contributed by atoms with E-state index in [9.17, 15) is 9.59 Å². The van der Waals surface area contributed by atoms with Gasteiger partial charge in [0.1, 0.15) is 17.5 Å². The average molecular weight is 442 g/mol. The molecule has 0 saturated heterocycles. The lowest BCUT2D eigenvalue weighted by atomic mass is 9.98. The molecule has 0 aliphatic rings. The molecule has 0 aliphatic carbocycles. The SMILES string of the molecule is Cc1cc(-c2ccnc3[nH]c(-c4ccc(C=O)cc4)cc23)ccc1CNC(=O)OC(C)(C)C. The summed E-state index contributed by atoms with van der Waals surface area (Å²) in [6, 6.07) is 17.7. The molecule has 2 heterocycles. The maximum atomic E-state index is 12.0. The van der Waals surface area contributed by atoms with Gasteiger partial charge in [-0.1, -0.05) is 42.5 Å². The van der Waals surface area contributed by atoms with Crippen LogP contribution >= 0.6 is 0 Å². The molecule has 2 aromatic carbocycles. The molecule has 0 bridgehead atoms. The van der Waals surface area contributed by atoms with Crippen molar-refractivity contribution in [3.63, 3.8) is 0 Å². The normalized spacial score (nSPS) is 11.4. The Morgan fingerprint density at radius 1 is 1.06 bits per heavy atom. The highest BCUT2D eigenvalue weighted by molar-refractivity contribution is 5.96.